The van der Waals surface area contributed by atoms with Gasteiger partial charge in [0.2, 0.25) is 0 Å². The van der Waals surface area contributed by atoms with E-state index in [4.69, 9.17) is 0 Å². The number of aromatic nitrogens is 2. The normalized spacial score (nSPS) is 11.2. The van der Waals surface area contributed by atoms with Crippen LogP contribution in [-0.4, -0.2) is 28.3 Å². The first-order valence-electron chi connectivity index (χ1n) is 7.78. The average molecular weight is 427 g/mol. The lowest BCUT2D eigenvalue weighted by molar-refractivity contribution is 0.679. The number of aliphatic imine (C=N–C) groups is 1. The lowest BCUT2D eigenvalue weighted by Gasteiger charge is -2.14. The van der Waals surface area contributed by atoms with Gasteiger partial charge in [-0.05, 0) is 38.0 Å². The van der Waals surface area contributed by atoms with Gasteiger partial charge in [0.25, 0.3) is 0 Å². The highest BCUT2D eigenvalue weighted by molar-refractivity contribution is 14.0. The van der Waals surface area contributed by atoms with Gasteiger partial charge in [0.1, 0.15) is 0 Å². The third-order valence-electron chi connectivity index (χ3n) is 3.19. The Bertz CT molecular complexity index is 593. The molecule has 6 heteroatoms. The topological polar surface area (TPSA) is 54.2 Å². The molecule has 1 aromatic carbocycles. The lowest BCUT2D eigenvalue weighted by Crippen LogP contribution is -2.41. The van der Waals surface area contributed by atoms with E-state index in [1.807, 2.05) is 16.9 Å². The first-order valence-corrected chi connectivity index (χ1v) is 7.78. The minimum atomic E-state index is 0. The van der Waals surface area contributed by atoms with Crippen molar-refractivity contribution in [3.8, 4) is 0 Å². The van der Waals surface area contributed by atoms with Gasteiger partial charge in [-0.2, -0.15) is 5.10 Å². The van der Waals surface area contributed by atoms with Gasteiger partial charge in [-0.1, -0.05) is 24.3 Å². The van der Waals surface area contributed by atoms with Crippen LogP contribution in [0.2, 0.25) is 0 Å². The maximum atomic E-state index is 4.68. The van der Waals surface area contributed by atoms with Crippen molar-refractivity contribution in [1.82, 2.24) is 20.4 Å². The molecule has 0 aliphatic heterocycles. The smallest absolute Gasteiger partial charge is 0.191 e. The predicted molar refractivity (Wildman–Crippen MR) is 106 cm³/mol. The Morgan fingerprint density at radius 1 is 1.22 bits per heavy atom. The van der Waals surface area contributed by atoms with Crippen LogP contribution in [0.15, 0.2) is 47.7 Å². The molecular formula is C17H26IN5. The zero-order valence-electron chi connectivity index (χ0n) is 14.0. The van der Waals surface area contributed by atoms with Crippen molar-refractivity contribution >= 4 is 29.9 Å². The van der Waals surface area contributed by atoms with Gasteiger partial charge in [0.05, 0.1) is 13.1 Å². The van der Waals surface area contributed by atoms with Crippen LogP contribution < -0.4 is 10.6 Å². The number of nitrogens with zero attached hydrogens (tertiary/aromatic N) is 3. The molecule has 0 fully saturated rings. The summed E-state index contributed by atoms with van der Waals surface area (Å²) in [5, 5.41) is 10.9. The minimum absolute atomic E-state index is 0. The molecular weight excluding hydrogens is 401 g/mol. The Balaban J connectivity index is 0.00000264. The van der Waals surface area contributed by atoms with Gasteiger partial charge >= 0.3 is 0 Å². The Hall–Kier alpha value is -1.57. The molecule has 0 aliphatic rings. The first kappa shape index (κ1) is 19.5. The summed E-state index contributed by atoms with van der Waals surface area (Å²) in [5.41, 5.74) is 2.47. The van der Waals surface area contributed by atoms with Crippen LogP contribution in [-0.2, 0) is 13.1 Å². The molecule has 1 aromatic heterocycles. The van der Waals surface area contributed by atoms with Crippen molar-refractivity contribution in [1.29, 1.82) is 0 Å². The number of guanidine groups is 1. The van der Waals surface area contributed by atoms with Gasteiger partial charge in [-0.25, -0.2) is 4.99 Å². The number of hydrogen-bond donors (Lipinski definition) is 2. The second kappa shape index (κ2) is 10.3. The zero-order valence-corrected chi connectivity index (χ0v) is 16.3. The second-order valence-electron chi connectivity index (χ2n) is 5.47. The van der Waals surface area contributed by atoms with E-state index in [0.29, 0.717) is 12.6 Å². The molecule has 0 amide bonds. The molecule has 2 aromatic rings. The number of rotatable bonds is 6. The molecule has 0 saturated carbocycles. The molecule has 23 heavy (non-hydrogen) atoms. The van der Waals surface area contributed by atoms with E-state index in [9.17, 15) is 0 Å². The monoisotopic (exact) mass is 427 g/mol. The molecule has 5 nitrogen and oxygen atoms in total. The summed E-state index contributed by atoms with van der Waals surface area (Å²) in [6.45, 7) is 8.57. The second-order valence-corrected chi connectivity index (χ2v) is 5.47. The molecule has 0 saturated heterocycles. The maximum absolute atomic E-state index is 4.68. The van der Waals surface area contributed by atoms with Crippen LogP contribution in [0.3, 0.4) is 0 Å². The summed E-state index contributed by atoms with van der Waals surface area (Å²) in [4.78, 5) is 4.68. The number of nitrogens with one attached hydrogen (secondary N) is 2. The van der Waals surface area contributed by atoms with E-state index in [0.717, 1.165) is 19.0 Å². The largest absolute Gasteiger partial charge is 0.357 e. The number of benzene rings is 1. The van der Waals surface area contributed by atoms with Crippen LogP contribution in [0.5, 0.6) is 0 Å². The van der Waals surface area contributed by atoms with Crippen molar-refractivity contribution in [2.45, 2.75) is 39.9 Å². The Kier molecular flexibility index (Phi) is 8.68. The van der Waals surface area contributed by atoms with E-state index in [-0.39, 0.29) is 24.0 Å². The van der Waals surface area contributed by atoms with E-state index < -0.39 is 0 Å². The number of halogens is 1. The van der Waals surface area contributed by atoms with E-state index in [1.165, 1.54) is 11.1 Å². The highest BCUT2D eigenvalue weighted by Gasteiger charge is 2.04. The standard InChI is InChI=1S/C17H25N5.HI/c1-4-18-17(21-14(2)3)19-12-15-8-5-6-9-16(15)13-22-11-7-10-20-22;/h5-11,14H,4,12-13H2,1-3H3,(H2,18,19,21);1H. The van der Waals surface area contributed by atoms with Gasteiger partial charge in [-0.15, -0.1) is 24.0 Å². The third-order valence-corrected chi connectivity index (χ3v) is 3.19. The predicted octanol–water partition coefficient (Wildman–Crippen LogP) is 3.01. The minimum Gasteiger partial charge on any atom is -0.357 e. The zero-order chi connectivity index (χ0) is 15.8. The Morgan fingerprint density at radius 3 is 2.57 bits per heavy atom. The molecule has 2 rings (SSSR count). The fourth-order valence-electron chi connectivity index (χ4n) is 2.19. The molecule has 0 atom stereocenters. The van der Waals surface area contributed by atoms with E-state index in [2.05, 4.69) is 65.8 Å². The summed E-state index contributed by atoms with van der Waals surface area (Å²) < 4.78 is 1.93. The summed E-state index contributed by atoms with van der Waals surface area (Å²) >= 11 is 0. The molecule has 2 N–H and O–H groups in total. The fraction of sp³-hybridized carbons (Fsp3) is 0.412. The summed E-state index contributed by atoms with van der Waals surface area (Å²) in [5.74, 6) is 0.853. The van der Waals surface area contributed by atoms with Gasteiger partial charge in [0, 0.05) is 25.0 Å². The van der Waals surface area contributed by atoms with Crippen LogP contribution in [0.1, 0.15) is 31.9 Å². The summed E-state index contributed by atoms with van der Waals surface area (Å²) in [6, 6.07) is 10.7. The lowest BCUT2D eigenvalue weighted by atomic mass is 10.1. The first-order chi connectivity index (χ1) is 10.7. The number of hydrogen-bond acceptors (Lipinski definition) is 2. The van der Waals surface area contributed by atoms with Crippen molar-refractivity contribution < 1.29 is 0 Å². The van der Waals surface area contributed by atoms with Crippen molar-refractivity contribution in [3.05, 3.63) is 53.9 Å². The molecule has 1 heterocycles. The highest BCUT2D eigenvalue weighted by Crippen LogP contribution is 2.11. The van der Waals surface area contributed by atoms with Crippen molar-refractivity contribution in [2.75, 3.05) is 6.54 Å². The van der Waals surface area contributed by atoms with Crippen LogP contribution in [0, 0.1) is 0 Å². The molecule has 0 spiro atoms. The average Bonchev–Trinajstić information content (AvgIpc) is 2.99. The van der Waals surface area contributed by atoms with Gasteiger partial charge in [0.15, 0.2) is 5.96 Å². The van der Waals surface area contributed by atoms with Gasteiger partial charge < -0.3 is 10.6 Å². The highest BCUT2D eigenvalue weighted by atomic mass is 127. The fourth-order valence-corrected chi connectivity index (χ4v) is 2.19. The SMILES string of the molecule is CCNC(=NCc1ccccc1Cn1cccn1)NC(C)C.I. The Morgan fingerprint density at radius 2 is 1.96 bits per heavy atom. The van der Waals surface area contributed by atoms with E-state index >= 15 is 0 Å². The Labute approximate surface area is 155 Å². The molecule has 126 valence electrons. The molecule has 0 aliphatic carbocycles. The summed E-state index contributed by atoms with van der Waals surface area (Å²) in [7, 11) is 0. The van der Waals surface area contributed by atoms with Crippen LogP contribution >= 0.6 is 24.0 Å². The third kappa shape index (κ3) is 6.60. The van der Waals surface area contributed by atoms with Gasteiger partial charge in [-0.3, -0.25) is 4.68 Å². The quantitative estimate of drug-likeness (QED) is 0.424. The summed E-state index contributed by atoms with van der Waals surface area (Å²) in [6.07, 6.45) is 3.78. The molecule has 0 bridgehead atoms. The molecule has 0 unspecified atom stereocenters. The van der Waals surface area contributed by atoms with Crippen LogP contribution in [0.25, 0.3) is 0 Å². The maximum Gasteiger partial charge on any atom is 0.191 e. The van der Waals surface area contributed by atoms with E-state index in [1.54, 1.807) is 6.20 Å². The van der Waals surface area contributed by atoms with Crippen molar-refractivity contribution in [3.63, 3.8) is 0 Å². The van der Waals surface area contributed by atoms with Crippen molar-refractivity contribution in [2.24, 2.45) is 4.99 Å². The van der Waals surface area contributed by atoms with Crippen LogP contribution in [0.4, 0.5) is 0 Å². The molecule has 0 radical (unpaired) electrons.